The van der Waals surface area contributed by atoms with Gasteiger partial charge in [0.15, 0.2) is 0 Å². The van der Waals surface area contributed by atoms with Crippen LogP contribution in [-0.4, -0.2) is 56.4 Å². The van der Waals surface area contributed by atoms with E-state index in [4.69, 9.17) is 21.1 Å². The Hall–Kier alpha value is -0.810. The van der Waals surface area contributed by atoms with Crippen molar-refractivity contribution in [1.82, 2.24) is 10.2 Å². The van der Waals surface area contributed by atoms with E-state index in [1.165, 1.54) is 0 Å². The molecule has 5 heteroatoms. The third kappa shape index (κ3) is 6.22. The van der Waals surface area contributed by atoms with E-state index in [9.17, 15) is 0 Å². The van der Waals surface area contributed by atoms with Crippen LogP contribution in [0.5, 0.6) is 5.75 Å². The van der Waals surface area contributed by atoms with E-state index in [0.29, 0.717) is 11.1 Å². The maximum Gasteiger partial charge on any atom is 0.121 e. The first-order valence-corrected chi connectivity index (χ1v) is 7.97. The molecule has 4 nitrogen and oxygen atoms in total. The van der Waals surface area contributed by atoms with Gasteiger partial charge < -0.3 is 14.8 Å². The van der Waals surface area contributed by atoms with Gasteiger partial charge in [-0.2, -0.15) is 0 Å². The summed E-state index contributed by atoms with van der Waals surface area (Å²) in [5.41, 5.74) is 0. The largest absolute Gasteiger partial charge is 0.489 e. The van der Waals surface area contributed by atoms with Gasteiger partial charge in [-0.3, -0.25) is 4.90 Å². The summed E-state index contributed by atoms with van der Waals surface area (Å²) >= 11 is 5.95. The van der Waals surface area contributed by atoms with Gasteiger partial charge in [0.1, 0.15) is 11.9 Å². The molecule has 21 heavy (non-hydrogen) atoms. The second-order valence-corrected chi connectivity index (χ2v) is 6.04. The fraction of sp³-hybridized carbons (Fsp3) is 0.625. The molecule has 0 bridgehead atoms. The second kappa shape index (κ2) is 8.59. The van der Waals surface area contributed by atoms with E-state index in [-0.39, 0.29) is 6.10 Å². The van der Waals surface area contributed by atoms with E-state index in [1.807, 2.05) is 24.3 Å². The van der Waals surface area contributed by atoms with Gasteiger partial charge in [-0.25, -0.2) is 0 Å². The van der Waals surface area contributed by atoms with Crippen LogP contribution in [0.25, 0.3) is 0 Å². The van der Waals surface area contributed by atoms with E-state index < -0.39 is 0 Å². The smallest absolute Gasteiger partial charge is 0.121 e. The van der Waals surface area contributed by atoms with Crippen LogP contribution in [0.4, 0.5) is 0 Å². The van der Waals surface area contributed by atoms with Crippen LogP contribution in [0.1, 0.15) is 13.8 Å². The maximum atomic E-state index is 5.95. The quantitative estimate of drug-likeness (QED) is 0.838. The van der Waals surface area contributed by atoms with E-state index >= 15 is 0 Å². The number of benzene rings is 1. The fourth-order valence-corrected chi connectivity index (χ4v) is 2.60. The molecule has 1 aromatic carbocycles. The van der Waals surface area contributed by atoms with Gasteiger partial charge in [-0.05, 0) is 32.0 Å². The summed E-state index contributed by atoms with van der Waals surface area (Å²) in [7, 11) is 0. The average Bonchev–Trinajstić information content (AvgIpc) is 2.46. The standard InChI is InChI=1S/C16H25ClN2O2/c1-13(12-19-6-8-20-9-7-19)18-11-14(2)21-16-5-3-4-15(17)10-16/h3-5,10,13-14,18H,6-9,11-12H2,1-2H3. The summed E-state index contributed by atoms with van der Waals surface area (Å²) in [5.74, 6) is 0.817. The Morgan fingerprint density at radius 2 is 2.10 bits per heavy atom. The molecule has 1 aliphatic heterocycles. The lowest BCUT2D eigenvalue weighted by atomic mass is 10.2. The molecule has 2 atom stereocenters. The molecule has 2 rings (SSSR count). The number of nitrogens with one attached hydrogen (secondary N) is 1. The highest BCUT2D eigenvalue weighted by Crippen LogP contribution is 2.18. The molecule has 0 saturated carbocycles. The summed E-state index contributed by atoms with van der Waals surface area (Å²) in [6, 6.07) is 7.96. The molecule has 1 aromatic rings. The molecule has 0 aromatic heterocycles. The molecule has 0 spiro atoms. The lowest BCUT2D eigenvalue weighted by Crippen LogP contribution is -2.46. The monoisotopic (exact) mass is 312 g/mol. The number of rotatable bonds is 7. The van der Waals surface area contributed by atoms with Gasteiger partial charge in [0.25, 0.3) is 0 Å². The van der Waals surface area contributed by atoms with Crippen LogP contribution >= 0.6 is 11.6 Å². The Balaban J connectivity index is 1.66. The molecule has 1 N–H and O–H groups in total. The first-order valence-electron chi connectivity index (χ1n) is 7.59. The van der Waals surface area contributed by atoms with Gasteiger partial charge in [0.2, 0.25) is 0 Å². The van der Waals surface area contributed by atoms with Gasteiger partial charge >= 0.3 is 0 Å². The van der Waals surface area contributed by atoms with Crippen molar-refractivity contribution in [2.24, 2.45) is 0 Å². The van der Waals surface area contributed by atoms with Crippen LogP contribution in [0.2, 0.25) is 5.02 Å². The molecular formula is C16H25ClN2O2. The zero-order valence-electron chi connectivity index (χ0n) is 12.8. The van der Waals surface area contributed by atoms with Gasteiger partial charge in [0.05, 0.1) is 13.2 Å². The SMILES string of the molecule is CC(CN1CCOCC1)NCC(C)Oc1cccc(Cl)c1. The lowest BCUT2D eigenvalue weighted by Gasteiger charge is -2.30. The molecule has 0 amide bonds. The molecule has 118 valence electrons. The molecule has 0 aliphatic carbocycles. The van der Waals surface area contributed by atoms with Crippen molar-refractivity contribution in [3.05, 3.63) is 29.3 Å². The Morgan fingerprint density at radius 3 is 2.81 bits per heavy atom. The Kier molecular flexibility index (Phi) is 6.77. The summed E-state index contributed by atoms with van der Waals surface area (Å²) in [6.45, 7) is 9.89. The minimum atomic E-state index is 0.107. The topological polar surface area (TPSA) is 33.7 Å². The summed E-state index contributed by atoms with van der Waals surface area (Å²) in [4.78, 5) is 2.43. The zero-order chi connectivity index (χ0) is 15.1. The van der Waals surface area contributed by atoms with Crippen LogP contribution in [0.15, 0.2) is 24.3 Å². The highest BCUT2D eigenvalue weighted by atomic mass is 35.5. The third-order valence-electron chi connectivity index (χ3n) is 3.52. The number of ether oxygens (including phenoxy) is 2. The summed E-state index contributed by atoms with van der Waals surface area (Å²) in [6.07, 6.45) is 0.107. The Morgan fingerprint density at radius 1 is 1.33 bits per heavy atom. The van der Waals surface area contributed by atoms with Crippen molar-refractivity contribution < 1.29 is 9.47 Å². The summed E-state index contributed by atoms with van der Waals surface area (Å²) < 4.78 is 11.2. The highest BCUT2D eigenvalue weighted by molar-refractivity contribution is 6.30. The second-order valence-electron chi connectivity index (χ2n) is 5.61. The number of morpholine rings is 1. The zero-order valence-corrected chi connectivity index (χ0v) is 13.6. The molecule has 1 fully saturated rings. The van der Waals surface area contributed by atoms with Crippen molar-refractivity contribution in [3.8, 4) is 5.75 Å². The van der Waals surface area contributed by atoms with Gasteiger partial charge in [-0.15, -0.1) is 0 Å². The van der Waals surface area contributed by atoms with E-state index in [1.54, 1.807) is 0 Å². The lowest BCUT2D eigenvalue weighted by molar-refractivity contribution is 0.0339. The fourth-order valence-electron chi connectivity index (χ4n) is 2.42. The van der Waals surface area contributed by atoms with Crippen molar-refractivity contribution in [3.63, 3.8) is 0 Å². The van der Waals surface area contributed by atoms with Crippen molar-refractivity contribution in [2.75, 3.05) is 39.4 Å². The van der Waals surface area contributed by atoms with Gasteiger partial charge in [-0.1, -0.05) is 17.7 Å². The third-order valence-corrected chi connectivity index (χ3v) is 3.76. The molecular weight excluding hydrogens is 288 g/mol. The number of hydrogen-bond acceptors (Lipinski definition) is 4. The van der Waals surface area contributed by atoms with Crippen LogP contribution in [-0.2, 0) is 4.74 Å². The van der Waals surface area contributed by atoms with Gasteiger partial charge in [0, 0.05) is 37.2 Å². The maximum absolute atomic E-state index is 5.95. The predicted octanol–water partition coefficient (Wildman–Crippen LogP) is 2.42. The minimum absolute atomic E-state index is 0.107. The number of nitrogens with zero attached hydrogens (tertiary/aromatic N) is 1. The number of hydrogen-bond donors (Lipinski definition) is 1. The number of halogens is 1. The molecule has 2 unspecified atom stereocenters. The molecule has 0 radical (unpaired) electrons. The molecule has 1 saturated heterocycles. The molecule has 1 heterocycles. The normalized spacial score (nSPS) is 19.2. The van der Waals surface area contributed by atoms with E-state index in [2.05, 4.69) is 24.1 Å². The minimum Gasteiger partial charge on any atom is -0.489 e. The van der Waals surface area contributed by atoms with Crippen LogP contribution in [0.3, 0.4) is 0 Å². The average molecular weight is 313 g/mol. The van der Waals surface area contributed by atoms with Crippen molar-refractivity contribution >= 4 is 11.6 Å². The van der Waals surface area contributed by atoms with E-state index in [0.717, 1.165) is 45.1 Å². The van der Waals surface area contributed by atoms with Crippen molar-refractivity contribution in [2.45, 2.75) is 26.0 Å². The first-order chi connectivity index (χ1) is 10.1. The van der Waals surface area contributed by atoms with Crippen molar-refractivity contribution in [1.29, 1.82) is 0 Å². The highest BCUT2D eigenvalue weighted by Gasteiger charge is 2.14. The predicted molar refractivity (Wildman–Crippen MR) is 86.3 cm³/mol. The summed E-state index contributed by atoms with van der Waals surface area (Å²) in [5, 5.41) is 4.23. The van der Waals surface area contributed by atoms with Crippen LogP contribution in [0, 0.1) is 0 Å². The Labute approximate surface area is 132 Å². The Bertz CT molecular complexity index is 424. The van der Waals surface area contributed by atoms with Crippen LogP contribution < -0.4 is 10.1 Å². The molecule has 1 aliphatic rings. The first kappa shape index (κ1) is 16.6.